The molecule has 132 valence electrons. The van der Waals surface area contributed by atoms with Crippen LogP contribution >= 0.6 is 11.8 Å². The molecule has 1 aliphatic rings. The van der Waals surface area contributed by atoms with Crippen LogP contribution < -0.4 is 16.0 Å². The molecule has 2 rings (SSSR count). The maximum atomic E-state index is 11.9. The number of carbonyl (C=O) groups is 2. The highest BCUT2D eigenvalue weighted by Gasteiger charge is 2.14. The fourth-order valence-corrected chi connectivity index (χ4v) is 3.96. The minimum Gasteiger partial charge on any atom is -0.337 e. The van der Waals surface area contributed by atoms with Crippen LogP contribution in [0.3, 0.4) is 0 Å². The highest BCUT2D eigenvalue weighted by Crippen LogP contribution is 2.28. The summed E-state index contributed by atoms with van der Waals surface area (Å²) in [5, 5.41) is 9.34. The molecular weight excluding hydrogens is 322 g/mol. The Morgan fingerprint density at radius 3 is 2.62 bits per heavy atom. The summed E-state index contributed by atoms with van der Waals surface area (Å²) in [6.45, 7) is 4.40. The number of aryl methyl sites for hydroxylation is 1. The van der Waals surface area contributed by atoms with Crippen molar-refractivity contribution < 1.29 is 9.59 Å². The quantitative estimate of drug-likeness (QED) is 0.648. The van der Waals surface area contributed by atoms with Crippen LogP contribution in [-0.4, -0.2) is 29.5 Å². The first kappa shape index (κ1) is 18.6. The molecule has 0 spiro atoms. The Hall–Kier alpha value is -1.69. The second-order valence-corrected chi connectivity index (χ2v) is 7.50. The van der Waals surface area contributed by atoms with E-state index in [0.717, 1.165) is 27.9 Å². The molecule has 1 aliphatic carbocycles. The largest absolute Gasteiger partial charge is 0.337 e. The first-order valence-electron chi connectivity index (χ1n) is 8.65. The van der Waals surface area contributed by atoms with Crippen molar-refractivity contribution in [3.8, 4) is 0 Å². The molecule has 24 heavy (non-hydrogen) atoms. The number of hydrogen-bond acceptors (Lipinski definition) is 3. The van der Waals surface area contributed by atoms with Gasteiger partial charge in [0.05, 0.1) is 0 Å². The zero-order valence-corrected chi connectivity index (χ0v) is 15.3. The van der Waals surface area contributed by atoms with E-state index in [4.69, 9.17) is 0 Å². The molecule has 6 heteroatoms. The van der Waals surface area contributed by atoms with Crippen molar-refractivity contribution in [2.24, 2.45) is 0 Å². The summed E-state index contributed by atoms with van der Waals surface area (Å²) in [7, 11) is 0. The molecule has 1 fully saturated rings. The van der Waals surface area contributed by atoms with E-state index < -0.39 is 0 Å². The molecule has 0 radical (unpaired) electrons. The molecule has 0 aromatic heterocycles. The average Bonchev–Trinajstić information content (AvgIpc) is 3.07. The summed E-state index contributed by atoms with van der Waals surface area (Å²) in [4.78, 5) is 23.4. The van der Waals surface area contributed by atoms with Gasteiger partial charge in [-0.2, -0.15) is 11.8 Å². The Morgan fingerprint density at radius 1 is 1.21 bits per heavy atom. The fourth-order valence-electron chi connectivity index (χ4n) is 2.74. The van der Waals surface area contributed by atoms with Crippen LogP contribution in [0.1, 0.15) is 44.6 Å². The monoisotopic (exact) mass is 349 g/mol. The van der Waals surface area contributed by atoms with E-state index in [2.05, 4.69) is 16.0 Å². The first-order valence-corrected chi connectivity index (χ1v) is 9.70. The maximum Gasteiger partial charge on any atom is 0.319 e. The highest BCUT2D eigenvalue weighted by molar-refractivity contribution is 7.99. The van der Waals surface area contributed by atoms with Crippen LogP contribution in [0, 0.1) is 6.92 Å². The smallest absolute Gasteiger partial charge is 0.319 e. The van der Waals surface area contributed by atoms with Crippen LogP contribution in [0.15, 0.2) is 18.2 Å². The molecule has 0 heterocycles. The van der Waals surface area contributed by atoms with Gasteiger partial charge in [-0.1, -0.05) is 19.8 Å². The standard InChI is InChI=1S/C18H27N3O2S/c1-3-17(22)21-16-9-8-14(12-13(16)2)20-18(23)19-10-11-24-15-6-4-5-7-15/h8-9,12,15H,3-7,10-11H2,1-2H3,(H,21,22)(H2,19,20,23). The minimum atomic E-state index is -0.188. The van der Waals surface area contributed by atoms with Crippen molar-refractivity contribution in [2.45, 2.75) is 51.2 Å². The fraction of sp³-hybridized carbons (Fsp3) is 0.556. The molecule has 0 unspecified atom stereocenters. The lowest BCUT2D eigenvalue weighted by Crippen LogP contribution is -2.30. The molecule has 0 saturated heterocycles. The summed E-state index contributed by atoms with van der Waals surface area (Å²) < 4.78 is 0. The van der Waals surface area contributed by atoms with Crippen LogP contribution in [0.5, 0.6) is 0 Å². The van der Waals surface area contributed by atoms with Gasteiger partial charge in [-0.3, -0.25) is 4.79 Å². The average molecular weight is 350 g/mol. The van der Waals surface area contributed by atoms with Gasteiger partial charge in [0, 0.05) is 35.3 Å². The Balaban J connectivity index is 1.72. The van der Waals surface area contributed by atoms with Crippen LogP contribution in [0.2, 0.25) is 0 Å². The van der Waals surface area contributed by atoms with Gasteiger partial charge in [-0.05, 0) is 43.5 Å². The summed E-state index contributed by atoms with van der Waals surface area (Å²) >= 11 is 1.96. The molecule has 1 aromatic carbocycles. The van der Waals surface area contributed by atoms with Crippen molar-refractivity contribution in [2.75, 3.05) is 22.9 Å². The molecule has 0 atom stereocenters. The summed E-state index contributed by atoms with van der Waals surface area (Å²) in [5.41, 5.74) is 2.43. The van der Waals surface area contributed by atoms with Gasteiger partial charge >= 0.3 is 6.03 Å². The SMILES string of the molecule is CCC(=O)Nc1ccc(NC(=O)NCCSC2CCCC2)cc1C. The summed E-state index contributed by atoms with van der Waals surface area (Å²) in [6, 6.07) is 5.28. The maximum absolute atomic E-state index is 11.9. The van der Waals surface area contributed by atoms with Gasteiger partial charge in [-0.15, -0.1) is 0 Å². The lowest BCUT2D eigenvalue weighted by Gasteiger charge is -2.12. The molecule has 1 saturated carbocycles. The third-order valence-electron chi connectivity index (χ3n) is 4.12. The van der Waals surface area contributed by atoms with Crippen molar-refractivity contribution in [1.82, 2.24) is 5.32 Å². The highest BCUT2D eigenvalue weighted by atomic mass is 32.2. The Bertz CT molecular complexity index is 571. The van der Waals surface area contributed by atoms with E-state index in [1.54, 1.807) is 6.07 Å². The number of rotatable bonds is 7. The Morgan fingerprint density at radius 2 is 1.96 bits per heavy atom. The molecule has 0 bridgehead atoms. The van der Waals surface area contributed by atoms with Gasteiger partial charge in [0.15, 0.2) is 0 Å². The van der Waals surface area contributed by atoms with Gasteiger partial charge in [0.25, 0.3) is 0 Å². The minimum absolute atomic E-state index is 0.0173. The predicted octanol–water partition coefficient (Wildman–Crippen LogP) is 4.14. The third-order valence-corrected chi connectivity index (χ3v) is 5.51. The number of amides is 3. The van der Waals surface area contributed by atoms with Crippen molar-refractivity contribution in [3.63, 3.8) is 0 Å². The number of nitrogens with one attached hydrogen (secondary N) is 3. The van der Waals surface area contributed by atoms with E-state index in [-0.39, 0.29) is 11.9 Å². The van der Waals surface area contributed by atoms with Crippen LogP contribution in [0.4, 0.5) is 16.2 Å². The van der Waals surface area contributed by atoms with E-state index >= 15 is 0 Å². The summed E-state index contributed by atoms with van der Waals surface area (Å²) in [6.07, 6.45) is 5.77. The number of thioether (sulfide) groups is 1. The van der Waals surface area contributed by atoms with Crippen molar-refractivity contribution in [1.29, 1.82) is 0 Å². The second kappa shape index (κ2) is 9.57. The number of urea groups is 1. The second-order valence-electron chi connectivity index (χ2n) is 6.09. The number of carbonyl (C=O) groups excluding carboxylic acids is 2. The topological polar surface area (TPSA) is 70.2 Å². The van der Waals surface area contributed by atoms with Gasteiger partial charge < -0.3 is 16.0 Å². The number of benzene rings is 1. The normalized spacial score (nSPS) is 14.4. The Kier molecular flexibility index (Phi) is 7.43. The Labute approximate surface area is 148 Å². The third kappa shape index (κ3) is 6.07. The van der Waals surface area contributed by atoms with Gasteiger partial charge in [-0.25, -0.2) is 4.79 Å². The van der Waals surface area contributed by atoms with Crippen molar-refractivity contribution >= 4 is 35.1 Å². The molecule has 1 aromatic rings. The van der Waals surface area contributed by atoms with Crippen LogP contribution in [-0.2, 0) is 4.79 Å². The zero-order chi connectivity index (χ0) is 17.4. The lowest BCUT2D eigenvalue weighted by atomic mass is 10.1. The van der Waals surface area contributed by atoms with Crippen LogP contribution in [0.25, 0.3) is 0 Å². The summed E-state index contributed by atoms with van der Waals surface area (Å²) in [5.74, 6) is 0.940. The molecule has 3 amide bonds. The van der Waals surface area contributed by atoms with E-state index in [9.17, 15) is 9.59 Å². The van der Waals surface area contributed by atoms with Crippen molar-refractivity contribution in [3.05, 3.63) is 23.8 Å². The molecule has 3 N–H and O–H groups in total. The molecule has 5 nitrogen and oxygen atoms in total. The first-order chi connectivity index (χ1) is 11.6. The molecular formula is C18H27N3O2S. The lowest BCUT2D eigenvalue weighted by molar-refractivity contribution is -0.115. The van der Waals surface area contributed by atoms with E-state index in [1.165, 1.54) is 25.7 Å². The number of anilines is 2. The number of hydrogen-bond donors (Lipinski definition) is 3. The van der Waals surface area contributed by atoms with Gasteiger partial charge in [0.2, 0.25) is 5.91 Å². The van der Waals surface area contributed by atoms with E-state index in [1.807, 2.05) is 37.7 Å². The molecule has 0 aliphatic heterocycles. The van der Waals surface area contributed by atoms with Gasteiger partial charge in [0.1, 0.15) is 0 Å². The predicted molar refractivity (Wildman–Crippen MR) is 102 cm³/mol. The van der Waals surface area contributed by atoms with E-state index in [0.29, 0.717) is 13.0 Å². The zero-order valence-electron chi connectivity index (χ0n) is 14.5.